The van der Waals surface area contributed by atoms with Crippen LogP contribution < -0.4 is 4.90 Å². The first-order chi connectivity index (χ1) is 11.7. The Morgan fingerprint density at radius 2 is 1.50 bits per heavy atom. The fraction of sp³-hybridized carbons (Fsp3) is 0.304. The van der Waals surface area contributed by atoms with Crippen molar-refractivity contribution in [3.63, 3.8) is 0 Å². The van der Waals surface area contributed by atoms with Crippen molar-refractivity contribution in [2.75, 3.05) is 4.90 Å². The minimum Gasteiger partial charge on any atom is -0.334 e. The molecular weight excluding hydrogens is 290 g/mol. The Hall–Kier alpha value is -2.28. The number of benzene rings is 2. The van der Waals surface area contributed by atoms with Crippen molar-refractivity contribution in [2.45, 2.75) is 45.6 Å². The van der Waals surface area contributed by atoms with Gasteiger partial charge in [-0.2, -0.15) is 0 Å². The van der Waals surface area contributed by atoms with E-state index in [0.717, 1.165) is 12.8 Å². The van der Waals surface area contributed by atoms with E-state index in [2.05, 4.69) is 79.4 Å². The standard InChI is InChI=1S/C23H25N/c1-3-18-6-13-22(14-7-18)24(21-11-4-17(2)5-12-21)23-15-10-19-8-9-20(19)16-23/h4-7,10-14,16,23H,3,8-9,15H2,1-2H3. The third kappa shape index (κ3) is 2.80. The molecular formula is C23H25N. The summed E-state index contributed by atoms with van der Waals surface area (Å²) in [6.07, 6.45) is 9.65. The predicted molar refractivity (Wildman–Crippen MR) is 103 cm³/mol. The van der Waals surface area contributed by atoms with Crippen molar-refractivity contribution < 1.29 is 0 Å². The number of hydrogen-bond donors (Lipinski definition) is 0. The van der Waals surface area contributed by atoms with Gasteiger partial charge in [-0.05, 0) is 73.6 Å². The maximum atomic E-state index is 2.50. The number of allylic oxidation sites excluding steroid dienone is 2. The summed E-state index contributed by atoms with van der Waals surface area (Å²) in [5.41, 5.74) is 8.41. The molecule has 1 nitrogen and oxygen atoms in total. The van der Waals surface area contributed by atoms with E-state index in [1.165, 1.54) is 35.3 Å². The highest BCUT2D eigenvalue weighted by molar-refractivity contribution is 5.66. The number of anilines is 2. The summed E-state index contributed by atoms with van der Waals surface area (Å²) in [5.74, 6) is 0. The maximum absolute atomic E-state index is 2.50. The fourth-order valence-corrected chi connectivity index (χ4v) is 3.71. The number of fused-ring (bicyclic) bond motifs is 1. The molecule has 0 saturated heterocycles. The zero-order valence-corrected chi connectivity index (χ0v) is 14.6. The molecule has 0 aromatic heterocycles. The molecule has 1 saturated carbocycles. The number of nitrogens with zero attached hydrogens (tertiary/aromatic N) is 1. The van der Waals surface area contributed by atoms with Gasteiger partial charge < -0.3 is 4.90 Å². The third-order valence-electron chi connectivity index (χ3n) is 5.34. The van der Waals surface area contributed by atoms with Gasteiger partial charge in [0.15, 0.2) is 0 Å². The lowest BCUT2D eigenvalue weighted by Crippen LogP contribution is -2.32. The third-order valence-corrected chi connectivity index (χ3v) is 5.34. The molecule has 1 heteroatoms. The molecule has 1 fully saturated rings. The van der Waals surface area contributed by atoms with Crippen LogP contribution in [0.25, 0.3) is 0 Å². The second-order valence-corrected chi connectivity index (χ2v) is 6.95. The molecule has 0 heterocycles. The van der Waals surface area contributed by atoms with E-state index in [-0.39, 0.29) is 0 Å². The van der Waals surface area contributed by atoms with Crippen molar-refractivity contribution in [3.05, 3.63) is 83.0 Å². The summed E-state index contributed by atoms with van der Waals surface area (Å²) in [6, 6.07) is 18.4. The average Bonchev–Trinajstić information content (AvgIpc) is 2.59. The molecule has 0 spiro atoms. The van der Waals surface area contributed by atoms with Crippen LogP contribution in [0, 0.1) is 6.92 Å². The van der Waals surface area contributed by atoms with Crippen molar-refractivity contribution in [1.29, 1.82) is 0 Å². The molecule has 0 N–H and O–H groups in total. The number of rotatable bonds is 4. The number of aryl methyl sites for hydroxylation is 2. The first-order valence-corrected chi connectivity index (χ1v) is 9.09. The van der Waals surface area contributed by atoms with E-state index in [9.17, 15) is 0 Å². The Morgan fingerprint density at radius 3 is 2.04 bits per heavy atom. The second-order valence-electron chi connectivity index (χ2n) is 6.95. The molecule has 4 rings (SSSR count). The highest BCUT2D eigenvalue weighted by atomic mass is 15.2. The van der Waals surface area contributed by atoms with Gasteiger partial charge in [0.25, 0.3) is 0 Å². The molecule has 2 aromatic rings. The zero-order valence-electron chi connectivity index (χ0n) is 14.6. The summed E-state index contributed by atoms with van der Waals surface area (Å²) in [4.78, 5) is 2.50. The first kappa shape index (κ1) is 15.3. The van der Waals surface area contributed by atoms with Crippen molar-refractivity contribution in [3.8, 4) is 0 Å². The Kier molecular flexibility index (Phi) is 4.02. The molecule has 122 valence electrons. The van der Waals surface area contributed by atoms with E-state index in [1.807, 2.05) is 0 Å². The molecule has 2 aromatic carbocycles. The van der Waals surface area contributed by atoms with Crippen molar-refractivity contribution in [1.82, 2.24) is 0 Å². The van der Waals surface area contributed by atoms with Crippen LogP contribution in [0.3, 0.4) is 0 Å². The summed E-state index contributed by atoms with van der Waals surface area (Å²) in [7, 11) is 0. The SMILES string of the molecule is CCc1ccc(N(c2ccc(C)cc2)C2C=C3CCC3=CC2)cc1. The van der Waals surface area contributed by atoms with Crippen LogP contribution in [0.15, 0.2) is 71.8 Å². The van der Waals surface area contributed by atoms with E-state index in [1.54, 1.807) is 11.1 Å². The average molecular weight is 315 g/mol. The minimum absolute atomic E-state index is 0.416. The smallest absolute Gasteiger partial charge is 0.0562 e. The lowest BCUT2D eigenvalue weighted by molar-refractivity contribution is 0.707. The second kappa shape index (κ2) is 6.32. The van der Waals surface area contributed by atoms with Crippen LogP contribution in [0.2, 0.25) is 0 Å². The Morgan fingerprint density at radius 1 is 0.875 bits per heavy atom. The lowest BCUT2D eigenvalue weighted by Gasteiger charge is -2.37. The molecule has 0 bridgehead atoms. The minimum atomic E-state index is 0.416. The zero-order chi connectivity index (χ0) is 16.5. The molecule has 2 aliphatic carbocycles. The van der Waals surface area contributed by atoms with E-state index >= 15 is 0 Å². The van der Waals surface area contributed by atoms with Crippen LogP contribution in [0.5, 0.6) is 0 Å². The summed E-state index contributed by atoms with van der Waals surface area (Å²) in [6.45, 7) is 4.36. The fourth-order valence-electron chi connectivity index (χ4n) is 3.71. The monoisotopic (exact) mass is 315 g/mol. The van der Waals surface area contributed by atoms with Crippen LogP contribution in [0.4, 0.5) is 11.4 Å². The molecule has 0 aliphatic heterocycles. The van der Waals surface area contributed by atoms with E-state index in [4.69, 9.17) is 0 Å². The van der Waals surface area contributed by atoms with E-state index < -0.39 is 0 Å². The van der Waals surface area contributed by atoms with Crippen LogP contribution >= 0.6 is 0 Å². The quantitative estimate of drug-likeness (QED) is 0.657. The van der Waals surface area contributed by atoms with Gasteiger partial charge in [0.05, 0.1) is 6.04 Å². The first-order valence-electron chi connectivity index (χ1n) is 9.09. The van der Waals surface area contributed by atoms with Crippen LogP contribution in [-0.2, 0) is 6.42 Å². The molecule has 1 atom stereocenters. The molecule has 0 amide bonds. The van der Waals surface area contributed by atoms with Gasteiger partial charge in [-0.3, -0.25) is 0 Å². The maximum Gasteiger partial charge on any atom is 0.0562 e. The highest BCUT2D eigenvalue weighted by Gasteiger charge is 2.26. The highest BCUT2D eigenvalue weighted by Crippen LogP contribution is 2.40. The van der Waals surface area contributed by atoms with Gasteiger partial charge in [0.1, 0.15) is 0 Å². The summed E-state index contributed by atoms with van der Waals surface area (Å²) >= 11 is 0. The van der Waals surface area contributed by atoms with Gasteiger partial charge >= 0.3 is 0 Å². The van der Waals surface area contributed by atoms with Crippen LogP contribution in [-0.4, -0.2) is 6.04 Å². The Bertz CT molecular complexity index is 778. The van der Waals surface area contributed by atoms with Crippen LogP contribution in [0.1, 0.15) is 37.3 Å². The molecule has 2 aliphatic rings. The Balaban J connectivity index is 1.72. The number of hydrogen-bond acceptors (Lipinski definition) is 1. The topological polar surface area (TPSA) is 3.24 Å². The van der Waals surface area contributed by atoms with Gasteiger partial charge in [-0.25, -0.2) is 0 Å². The van der Waals surface area contributed by atoms with Crippen molar-refractivity contribution in [2.24, 2.45) is 0 Å². The lowest BCUT2D eigenvalue weighted by atomic mass is 9.79. The van der Waals surface area contributed by atoms with Gasteiger partial charge in [-0.1, -0.05) is 48.9 Å². The normalized spacial score (nSPS) is 19.0. The van der Waals surface area contributed by atoms with Crippen molar-refractivity contribution >= 4 is 11.4 Å². The van der Waals surface area contributed by atoms with Gasteiger partial charge in [-0.15, -0.1) is 0 Å². The summed E-state index contributed by atoms with van der Waals surface area (Å²) < 4.78 is 0. The molecule has 1 unspecified atom stereocenters. The van der Waals surface area contributed by atoms with Gasteiger partial charge in [0, 0.05) is 11.4 Å². The Labute approximate surface area is 145 Å². The largest absolute Gasteiger partial charge is 0.334 e. The van der Waals surface area contributed by atoms with Gasteiger partial charge in [0.2, 0.25) is 0 Å². The molecule has 24 heavy (non-hydrogen) atoms. The molecule has 0 radical (unpaired) electrons. The summed E-state index contributed by atoms with van der Waals surface area (Å²) in [5, 5.41) is 0. The van der Waals surface area contributed by atoms with E-state index in [0.29, 0.717) is 6.04 Å². The predicted octanol–water partition coefficient (Wildman–Crippen LogP) is 6.11.